The number of para-hydroxylation sites is 1. The smallest absolute Gasteiger partial charge is 0.123 e. The molecule has 19 heavy (non-hydrogen) atoms. The standard InChI is InChI=1S/C15H23NOS2/c1-3-14(13-6-4-5-7-15(13)17-2)16-10-12-11-18-8-9-19-12/h4-7,12,14,16H,3,8-11H2,1-2H3. The first kappa shape index (κ1) is 15.1. The van der Waals surface area contributed by atoms with Gasteiger partial charge in [0.25, 0.3) is 0 Å². The Morgan fingerprint density at radius 3 is 2.89 bits per heavy atom. The van der Waals surface area contributed by atoms with E-state index in [0.29, 0.717) is 6.04 Å². The Morgan fingerprint density at radius 2 is 2.21 bits per heavy atom. The first-order valence-corrected chi connectivity index (χ1v) is 9.11. The minimum atomic E-state index is 0.392. The van der Waals surface area contributed by atoms with E-state index >= 15 is 0 Å². The lowest BCUT2D eigenvalue weighted by molar-refractivity contribution is 0.397. The lowest BCUT2D eigenvalue weighted by Crippen LogP contribution is -2.31. The molecule has 0 bridgehead atoms. The van der Waals surface area contributed by atoms with Crippen molar-refractivity contribution in [3.05, 3.63) is 29.8 Å². The number of methoxy groups -OCH3 is 1. The van der Waals surface area contributed by atoms with Crippen LogP contribution in [0, 0.1) is 0 Å². The molecular weight excluding hydrogens is 274 g/mol. The van der Waals surface area contributed by atoms with E-state index in [0.717, 1.165) is 24.0 Å². The van der Waals surface area contributed by atoms with Crippen LogP contribution in [0.2, 0.25) is 0 Å². The zero-order chi connectivity index (χ0) is 13.5. The zero-order valence-electron chi connectivity index (χ0n) is 11.7. The van der Waals surface area contributed by atoms with Crippen LogP contribution >= 0.6 is 23.5 Å². The number of ether oxygens (including phenoxy) is 1. The van der Waals surface area contributed by atoms with Gasteiger partial charge in [-0.05, 0) is 12.5 Å². The molecule has 0 saturated carbocycles. The van der Waals surface area contributed by atoms with Gasteiger partial charge in [0.05, 0.1) is 7.11 Å². The summed E-state index contributed by atoms with van der Waals surface area (Å²) in [6.45, 7) is 3.32. The van der Waals surface area contributed by atoms with Crippen molar-refractivity contribution in [3.63, 3.8) is 0 Å². The summed E-state index contributed by atoms with van der Waals surface area (Å²) in [4.78, 5) is 0. The van der Waals surface area contributed by atoms with Crippen molar-refractivity contribution in [2.45, 2.75) is 24.6 Å². The Kier molecular flexibility index (Phi) is 6.41. The molecule has 2 nitrogen and oxygen atoms in total. The van der Waals surface area contributed by atoms with Crippen molar-refractivity contribution in [1.29, 1.82) is 0 Å². The normalized spacial score (nSPS) is 21.1. The van der Waals surface area contributed by atoms with Crippen LogP contribution in [-0.4, -0.2) is 36.2 Å². The third-order valence-electron chi connectivity index (χ3n) is 3.40. The molecule has 0 aromatic heterocycles. The van der Waals surface area contributed by atoms with E-state index in [1.54, 1.807) is 7.11 Å². The van der Waals surface area contributed by atoms with Crippen LogP contribution in [0.15, 0.2) is 24.3 Å². The van der Waals surface area contributed by atoms with Gasteiger partial charge in [-0.3, -0.25) is 0 Å². The maximum Gasteiger partial charge on any atom is 0.123 e. The summed E-state index contributed by atoms with van der Waals surface area (Å²) in [5.74, 6) is 4.88. The van der Waals surface area contributed by atoms with Crippen LogP contribution in [0.4, 0.5) is 0 Å². The molecule has 1 heterocycles. The maximum atomic E-state index is 5.47. The van der Waals surface area contributed by atoms with Crippen molar-refractivity contribution < 1.29 is 4.74 Å². The molecule has 0 spiro atoms. The van der Waals surface area contributed by atoms with Crippen LogP contribution in [-0.2, 0) is 0 Å². The Morgan fingerprint density at radius 1 is 1.37 bits per heavy atom. The molecule has 2 unspecified atom stereocenters. The highest BCUT2D eigenvalue weighted by Crippen LogP contribution is 2.28. The Hall–Kier alpha value is -0.320. The monoisotopic (exact) mass is 297 g/mol. The summed E-state index contributed by atoms with van der Waals surface area (Å²) in [6, 6.07) is 8.73. The second kappa shape index (κ2) is 8.08. The molecule has 1 fully saturated rings. The van der Waals surface area contributed by atoms with Crippen LogP contribution in [0.3, 0.4) is 0 Å². The summed E-state index contributed by atoms with van der Waals surface area (Å²) in [7, 11) is 1.75. The minimum Gasteiger partial charge on any atom is -0.496 e. The van der Waals surface area contributed by atoms with E-state index in [1.807, 2.05) is 12.1 Å². The lowest BCUT2D eigenvalue weighted by atomic mass is 10.0. The lowest BCUT2D eigenvalue weighted by Gasteiger charge is -2.25. The second-order valence-electron chi connectivity index (χ2n) is 4.68. The molecular formula is C15H23NOS2. The van der Waals surface area contributed by atoms with E-state index in [1.165, 1.54) is 22.8 Å². The molecule has 0 radical (unpaired) electrons. The van der Waals surface area contributed by atoms with Gasteiger partial charge in [0.2, 0.25) is 0 Å². The molecule has 1 aliphatic rings. The predicted molar refractivity (Wildman–Crippen MR) is 87.6 cm³/mol. The third kappa shape index (κ3) is 4.33. The SMILES string of the molecule is CCC(NCC1CSCCS1)c1ccccc1OC. The fourth-order valence-electron chi connectivity index (χ4n) is 2.36. The molecule has 1 aromatic rings. The highest BCUT2D eigenvalue weighted by atomic mass is 32.2. The number of rotatable bonds is 6. The Bertz CT molecular complexity index is 380. The summed E-state index contributed by atoms with van der Waals surface area (Å²) < 4.78 is 5.47. The van der Waals surface area contributed by atoms with Crippen LogP contribution in [0.1, 0.15) is 24.9 Å². The van der Waals surface area contributed by atoms with Crippen molar-refractivity contribution in [3.8, 4) is 5.75 Å². The molecule has 1 aromatic carbocycles. The fraction of sp³-hybridized carbons (Fsp3) is 0.600. The van der Waals surface area contributed by atoms with Crippen LogP contribution in [0.5, 0.6) is 5.75 Å². The van der Waals surface area contributed by atoms with E-state index in [9.17, 15) is 0 Å². The number of nitrogens with one attached hydrogen (secondary N) is 1. The predicted octanol–water partition coefficient (Wildman–Crippen LogP) is 3.58. The summed E-state index contributed by atoms with van der Waals surface area (Å²) in [6.07, 6.45) is 1.09. The molecule has 1 N–H and O–H groups in total. The number of hydrogen-bond acceptors (Lipinski definition) is 4. The topological polar surface area (TPSA) is 21.3 Å². The van der Waals surface area contributed by atoms with Gasteiger partial charge in [-0.15, -0.1) is 0 Å². The molecule has 1 aliphatic heterocycles. The van der Waals surface area contributed by atoms with Gasteiger partial charge in [-0.1, -0.05) is 25.1 Å². The van der Waals surface area contributed by atoms with E-state index in [-0.39, 0.29) is 0 Å². The first-order chi connectivity index (χ1) is 9.35. The largest absolute Gasteiger partial charge is 0.496 e. The third-order valence-corrected chi connectivity index (χ3v) is 6.24. The van der Waals surface area contributed by atoms with Crippen molar-refractivity contribution in [2.75, 3.05) is 30.9 Å². The van der Waals surface area contributed by atoms with Gasteiger partial charge in [0.15, 0.2) is 0 Å². The Balaban J connectivity index is 1.95. The molecule has 2 atom stereocenters. The summed E-state index contributed by atoms with van der Waals surface area (Å²) in [5, 5.41) is 4.47. The first-order valence-electron chi connectivity index (χ1n) is 6.90. The van der Waals surface area contributed by atoms with Gasteiger partial charge in [0.1, 0.15) is 5.75 Å². The molecule has 4 heteroatoms. The number of benzene rings is 1. The molecule has 2 rings (SSSR count). The van der Waals surface area contributed by atoms with Gasteiger partial charge in [-0.2, -0.15) is 23.5 Å². The quantitative estimate of drug-likeness (QED) is 0.866. The van der Waals surface area contributed by atoms with Crippen molar-refractivity contribution in [2.24, 2.45) is 0 Å². The van der Waals surface area contributed by atoms with Gasteiger partial charge >= 0.3 is 0 Å². The Labute approximate surface area is 125 Å². The average Bonchev–Trinajstić information content (AvgIpc) is 2.49. The minimum absolute atomic E-state index is 0.392. The second-order valence-corrected chi connectivity index (χ2v) is 7.24. The number of hydrogen-bond donors (Lipinski definition) is 1. The molecule has 1 saturated heterocycles. The molecule has 0 aliphatic carbocycles. The van der Waals surface area contributed by atoms with E-state index < -0.39 is 0 Å². The highest BCUT2D eigenvalue weighted by molar-refractivity contribution is 8.06. The van der Waals surface area contributed by atoms with Crippen LogP contribution in [0.25, 0.3) is 0 Å². The van der Waals surface area contributed by atoms with Gasteiger partial charge in [-0.25, -0.2) is 0 Å². The molecule has 0 amide bonds. The van der Waals surface area contributed by atoms with E-state index in [4.69, 9.17) is 4.74 Å². The maximum absolute atomic E-state index is 5.47. The molecule has 106 valence electrons. The highest BCUT2D eigenvalue weighted by Gasteiger charge is 2.18. The number of thioether (sulfide) groups is 2. The fourth-order valence-corrected chi connectivity index (χ4v) is 4.98. The van der Waals surface area contributed by atoms with Crippen molar-refractivity contribution >= 4 is 23.5 Å². The summed E-state index contributed by atoms with van der Waals surface area (Å²) in [5.41, 5.74) is 1.28. The van der Waals surface area contributed by atoms with Gasteiger partial charge < -0.3 is 10.1 Å². The average molecular weight is 297 g/mol. The van der Waals surface area contributed by atoms with Gasteiger partial charge in [0, 0.05) is 40.7 Å². The van der Waals surface area contributed by atoms with E-state index in [2.05, 4.69) is 47.9 Å². The van der Waals surface area contributed by atoms with Crippen molar-refractivity contribution in [1.82, 2.24) is 5.32 Å². The summed E-state index contributed by atoms with van der Waals surface area (Å²) >= 11 is 4.19. The zero-order valence-corrected chi connectivity index (χ0v) is 13.4. The van der Waals surface area contributed by atoms with Crippen LogP contribution < -0.4 is 10.1 Å².